The molecular formula is C14H27N3O2S2. The van der Waals surface area contributed by atoms with E-state index in [2.05, 4.69) is 17.0 Å². The molecule has 0 fully saturated rings. The van der Waals surface area contributed by atoms with Gasteiger partial charge in [-0.1, -0.05) is 6.92 Å². The van der Waals surface area contributed by atoms with E-state index in [1.807, 2.05) is 31.7 Å². The van der Waals surface area contributed by atoms with Crippen LogP contribution in [0.2, 0.25) is 0 Å². The second-order valence-corrected chi connectivity index (χ2v) is 8.47. The lowest BCUT2D eigenvalue weighted by Crippen LogP contribution is -2.26. The number of aromatic nitrogens is 1. The lowest BCUT2D eigenvalue weighted by atomic mass is 10.3. The van der Waals surface area contributed by atoms with Crippen molar-refractivity contribution in [1.29, 1.82) is 0 Å². The third-order valence-corrected chi connectivity index (χ3v) is 5.85. The van der Waals surface area contributed by atoms with Crippen LogP contribution in [0.4, 0.5) is 0 Å². The molecule has 0 bridgehead atoms. The molecule has 1 unspecified atom stereocenters. The average molecular weight is 334 g/mol. The van der Waals surface area contributed by atoms with Gasteiger partial charge in [0.1, 0.15) is 0 Å². The van der Waals surface area contributed by atoms with Gasteiger partial charge in [0.25, 0.3) is 0 Å². The molecule has 0 aromatic carbocycles. The molecule has 2 N–H and O–H groups in total. The zero-order chi connectivity index (χ0) is 16.0. The molecule has 1 aromatic rings. The average Bonchev–Trinajstić information content (AvgIpc) is 2.83. The van der Waals surface area contributed by atoms with Gasteiger partial charge in [0.2, 0.25) is 10.0 Å². The molecule has 0 aliphatic carbocycles. The predicted octanol–water partition coefficient (Wildman–Crippen LogP) is 2.21. The largest absolute Gasteiger partial charge is 0.346 e. The summed E-state index contributed by atoms with van der Waals surface area (Å²) in [7, 11) is -1.57. The first-order valence-corrected chi connectivity index (χ1v) is 9.96. The highest BCUT2D eigenvalue weighted by atomic mass is 32.2. The van der Waals surface area contributed by atoms with E-state index < -0.39 is 10.0 Å². The second-order valence-electron chi connectivity index (χ2n) is 5.43. The van der Waals surface area contributed by atoms with Crippen molar-refractivity contribution in [2.75, 3.05) is 19.8 Å². The third kappa shape index (κ3) is 5.32. The monoisotopic (exact) mass is 333 g/mol. The number of hydrogen-bond donors (Lipinski definition) is 2. The van der Waals surface area contributed by atoms with Crippen molar-refractivity contribution < 1.29 is 8.42 Å². The van der Waals surface area contributed by atoms with Gasteiger partial charge in [0.05, 0.1) is 4.90 Å². The van der Waals surface area contributed by atoms with E-state index >= 15 is 0 Å². The molecule has 5 nitrogen and oxygen atoms in total. The number of nitrogens with one attached hydrogen (secondary N) is 2. The molecule has 0 aliphatic heterocycles. The van der Waals surface area contributed by atoms with E-state index in [4.69, 9.17) is 0 Å². The maximum atomic E-state index is 12.3. The molecule has 0 saturated heterocycles. The van der Waals surface area contributed by atoms with E-state index in [0.717, 1.165) is 12.1 Å². The summed E-state index contributed by atoms with van der Waals surface area (Å²) in [5, 5.41) is 3.52. The molecule has 1 aromatic heterocycles. The number of hydrogen-bond acceptors (Lipinski definition) is 4. The van der Waals surface area contributed by atoms with Crippen LogP contribution in [0.15, 0.2) is 17.2 Å². The summed E-state index contributed by atoms with van der Waals surface area (Å²) < 4.78 is 29.4. The first-order chi connectivity index (χ1) is 9.81. The van der Waals surface area contributed by atoms with Crippen molar-refractivity contribution in [2.45, 2.75) is 49.9 Å². The summed E-state index contributed by atoms with van der Waals surface area (Å²) in [6, 6.07) is 1.98. The highest BCUT2D eigenvalue weighted by Crippen LogP contribution is 2.19. The number of sulfonamides is 1. The minimum absolute atomic E-state index is 0.230. The normalized spacial score (nSPS) is 13.8. The highest BCUT2D eigenvalue weighted by molar-refractivity contribution is 7.99. The van der Waals surface area contributed by atoms with Gasteiger partial charge in [-0.2, -0.15) is 11.8 Å². The van der Waals surface area contributed by atoms with Crippen LogP contribution in [0.3, 0.4) is 0 Å². The highest BCUT2D eigenvalue weighted by Gasteiger charge is 2.19. The van der Waals surface area contributed by atoms with Crippen LogP contribution < -0.4 is 10.0 Å². The Labute approximate surface area is 132 Å². The van der Waals surface area contributed by atoms with Crippen LogP contribution in [0.25, 0.3) is 0 Å². The Balaban J connectivity index is 2.85. The molecule has 0 aliphatic rings. The Morgan fingerprint density at radius 1 is 1.33 bits per heavy atom. The van der Waals surface area contributed by atoms with Crippen LogP contribution in [0, 0.1) is 0 Å². The van der Waals surface area contributed by atoms with E-state index in [9.17, 15) is 8.42 Å². The van der Waals surface area contributed by atoms with Crippen molar-refractivity contribution >= 4 is 21.8 Å². The van der Waals surface area contributed by atoms with Gasteiger partial charge >= 0.3 is 0 Å². The number of rotatable bonds is 9. The zero-order valence-corrected chi connectivity index (χ0v) is 15.1. The summed E-state index contributed by atoms with van der Waals surface area (Å²) in [5.74, 6) is 0. The summed E-state index contributed by atoms with van der Waals surface area (Å²) in [6.45, 7) is 7.31. The van der Waals surface area contributed by atoms with Crippen LogP contribution in [0.1, 0.15) is 38.9 Å². The fourth-order valence-electron chi connectivity index (χ4n) is 2.04. The predicted molar refractivity (Wildman–Crippen MR) is 90.4 cm³/mol. The molecule has 0 spiro atoms. The standard InChI is InChI=1S/C14H27N3O2S2/c1-11(2)17-10-14(8-13(17)9-15-4)21(18,19)16-7-6-12(3)20-5/h8,10-12,15-16H,6-7,9H2,1-5H3. The van der Waals surface area contributed by atoms with Crippen molar-refractivity contribution in [3.63, 3.8) is 0 Å². The van der Waals surface area contributed by atoms with Crippen molar-refractivity contribution in [1.82, 2.24) is 14.6 Å². The van der Waals surface area contributed by atoms with Gasteiger partial charge in [-0.3, -0.25) is 0 Å². The minimum Gasteiger partial charge on any atom is -0.346 e. The summed E-state index contributed by atoms with van der Waals surface area (Å²) in [6.07, 6.45) is 4.58. The van der Waals surface area contributed by atoms with Gasteiger partial charge in [-0.25, -0.2) is 13.1 Å². The Morgan fingerprint density at radius 2 is 2.00 bits per heavy atom. The smallest absolute Gasteiger partial charge is 0.242 e. The van der Waals surface area contributed by atoms with Gasteiger partial charge in [0, 0.05) is 36.3 Å². The molecule has 1 heterocycles. The van der Waals surface area contributed by atoms with Gasteiger partial charge < -0.3 is 9.88 Å². The maximum Gasteiger partial charge on any atom is 0.242 e. The molecule has 122 valence electrons. The topological polar surface area (TPSA) is 63.1 Å². The third-order valence-electron chi connectivity index (χ3n) is 3.38. The molecular weight excluding hydrogens is 306 g/mol. The van der Waals surface area contributed by atoms with Gasteiger partial charge in [0.15, 0.2) is 0 Å². The zero-order valence-electron chi connectivity index (χ0n) is 13.5. The Bertz CT molecular complexity index is 538. The Kier molecular flexibility index (Phi) is 7.26. The quantitative estimate of drug-likeness (QED) is 0.727. The number of thioether (sulfide) groups is 1. The van der Waals surface area contributed by atoms with E-state index in [0.29, 0.717) is 23.2 Å². The summed E-state index contributed by atoms with van der Waals surface area (Å²) in [5.41, 5.74) is 0.977. The second kappa shape index (κ2) is 8.22. The van der Waals surface area contributed by atoms with E-state index in [1.54, 1.807) is 24.0 Å². The maximum absolute atomic E-state index is 12.3. The lowest BCUT2D eigenvalue weighted by Gasteiger charge is -2.12. The fourth-order valence-corrected chi connectivity index (χ4v) is 3.50. The first kappa shape index (κ1) is 18.5. The van der Waals surface area contributed by atoms with Crippen LogP contribution in [-0.4, -0.2) is 38.1 Å². The molecule has 0 radical (unpaired) electrons. The van der Waals surface area contributed by atoms with Crippen molar-refractivity contribution in [2.24, 2.45) is 0 Å². The van der Waals surface area contributed by atoms with Crippen LogP contribution >= 0.6 is 11.8 Å². The molecule has 21 heavy (non-hydrogen) atoms. The summed E-state index contributed by atoms with van der Waals surface area (Å²) in [4.78, 5) is 0.346. The minimum atomic E-state index is -3.43. The number of nitrogens with zero attached hydrogens (tertiary/aromatic N) is 1. The molecule has 0 amide bonds. The van der Waals surface area contributed by atoms with Gasteiger partial charge in [-0.15, -0.1) is 0 Å². The SMILES string of the molecule is CNCc1cc(S(=O)(=O)NCCC(C)SC)cn1C(C)C. The molecule has 1 atom stereocenters. The van der Waals surface area contributed by atoms with Crippen LogP contribution in [-0.2, 0) is 16.6 Å². The molecule has 1 rings (SSSR count). The van der Waals surface area contributed by atoms with Gasteiger partial charge in [-0.05, 0) is 39.6 Å². The Hall–Kier alpha value is -0.500. The Morgan fingerprint density at radius 3 is 2.52 bits per heavy atom. The summed E-state index contributed by atoms with van der Waals surface area (Å²) >= 11 is 1.74. The molecule has 7 heteroatoms. The fraction of sp³-hybridized carbons (Fsp3) is 0.714. The van der Waals surface area contributed by atoms with E-state index in [1.165, 1.54) is 0 Å². The van der Waals surface area contributed by atoms with Crippen LogP contribution in [0.5, 0.6) is 0 Å². The van der Waals surface area contributed by atoms with Crippen molar-refractivity contribution in [3.05, 3.63) is 18.0 Å². The van der Waals surface area contributed by atoms with Crippen molar-refractivity contribution in [3.8, 4) is 0 Å². The van der Waals surface area contributed by atoms with E-state index in [-0.39, 0.29) is 6.04 Å². The first-order valence-electron chi connectivity index (χ1n) is 7.19. The lowest BCUT2D eigenvalue weighted by molar-refractivity contribution is 0.560. The molecule has 0 saturated carbocycles.